The standard InChI is InChI=1S/C9H7N3OS2/c10-8(13)6-3-1-2-4-7(6)15-9-12-11-5-14-9/h1-5H,(H2,10,13). The maximum Gasteiger partial charge on any atom is 0.249 e. The van der Waals surface area contributed by atoms with E-state index in [0.29, 0.717) is 5.56 Å². The van der Waals surface area contributed by atoms with E-state index in [4.69, 9.17) is 5.73 Å². The smallest absolute Gasteiger partial charge is 0.249 e. The Morgan fingerprint density at radius 1 is 1.40 bits per heavy atom. The van der Waals surface area contributed by atoms with E-state index in [1.807, 2.05) is 12.1 Å². The third-order valence-corrected chi connectivity index (χ3v) is 3.54. The summed E-state index contributed by atoms with van der Waals surface area (Å²) in [5.74, 6) is -0.428. The number of carbonyl (C=O) groups is 1. The number of nitrogens with two attached hydrogens (primary N) is 1. The first-order valence-corrected chi connectivity index (χ1v) is 5.80. The van der Waals surface area contributed by atoms with Gasteiger partial charge in [0, 0.05) is 4.90 Å². The van der Waals surface area contributed by atoms with Crippen LogP contribution in [-0.4, -0.2) is 16.1 Å². The lowest BCUT2D eigenvalue weighted by molar-refractivity contribution is 0.0997. The van der Waals surface area contributed by atoms with Crippen molar-refractivity contribution in [2.75, 3.05) is 0 Å². The highest BCUT2D eigenvalue weighted by Gasteiger charge is 2.09. The molecule has 0 saturated heterocycles. The molecule has 4 nitrogen and oxygen atoms in total. The molecule has 0 fully saturated rings. The van der Waals surface area contributed by atoms with Crippen LogP contribution in [0.15, 0.2) is 39.0 Å². The van der Waals surface area contributed by atoms with Crippen LogP contribution in [0.25, 0.3) is 0 Å². The summed E-state index contributed by atoms with van der Waals surface area (Å²) in [7, 11) is 0. The highest BCUT2D eigenvalue weighted by Crippen LogP contribution is 2.30. The van der Waals surface area contributed by atoms with Gasteiger partial charge in [-0.1, -0.05) is 35.2 Å². The number of benzene rings is 1. The van der Waals surface area contributed by atoms with E-state index in [0.717, 1.165) is 9.24 Å². The predicted octanol–water partition coefficient (Wildman–Crippen LogP) is 1.79. The number of primary amides is 1. The Morgan fingerprint density at radius 3 is 2.87 bits per heavy atom. The van der Waals surface area contributed by atoms with Gasteiger partial charge in [-0.3, -0.25) is 4.79 Å². The molecule has 1 aromatic heterocycles. The maximum atomic E-state index is 11.1. The van der Waals surface area contributed by atoms with Crippen LogP contribution in [0.5, 0.6) is 0 Å². The quantitative estimate of drug-likeness (QED) is 0.883. The van der Waals surface area contributed by atoms with Crippen LogP contribution >= 0.6 is 23.1 Å². The molecule has 15 heavy (non-hydrogen) atoms. The zero-order valence-corrected chi connectivity index (χ0v) is 9.22. The lowest BCUT2D eigenvalue weighted by atomic mass is 10.2. The van der Waals surface area contributed by atoms with E-state index in [9.17, 15) is 4.79 Å². The zero-order chi connectivity index (χ0) is 10.7. The Hall–Kier alpha value is -1.40. The van der Waals surface area contributed by atoms with Gasteiger partial charge in [0.15, 0.2) is 4.34 Å². The summed E-state index contributed by atoms with van der Waals surface area (Å²) >= 11 is 2.82. The molecule has 0 aliphatic rings. The van der Waals surface area contributed by atoms with Crippen molar-refractivity contribution in [1.82, 2.24) is 10.2 Å². The van der Waals surface area contributed by atoms with Gasteiger partial charge >= 0.3 is 0 Å². The second-order valence-corrected chi connectivity index (χ2v) is 4.79. The molecule has 2 rings (SSSR count). The molecular formula is C9H7N3OS2. The van der Waals surface area contributed by atoms with E-state index in [-0.39, 0.29) is 0 Å². The monoisotopic (exact) mass is 237 g/mol. The van der Waals surface area contributed by atoms with Crippen LogP contribution in [0.2, 0.25) is 0 Å². The van der Waals surface area contributed by atoms with Gasteiger partial charge in [0.1, 0.15) is 5.51 Å². The minimum absolute atomic E-state index is 0.428. The van der Waals surface area contributed by atoms with Crippen LogP contribution in [0.4, 0.5) is 0 Å². The Labute approximate surface area is 94.5 Å². The minimum Gasteiger partial charge on any atom is -0.366 e. The minimum atomic E-state index is -0.428. The van der Waals surface area contributed by atoms with Crippen molar-refractivity contribution in [2.45, 2.75) is 9.24 Å². The first kappa shape index (κ1) is 10.1. The highest BCUT2D eigenvalue weighted by molar-refractivity contribution is 8.01. The third kappa shape index (κ3) is 2.34. The molecule has 0 spiro atoms. The second kappa shape index (κ2) is 4.41. The van der Waals surface area contributed by atoms with Gasteiger partial charge in [0.05, 0.1) is 5.56 Å². The molecule has 1 amide bonds. The van der Waals surface area contributed by atoms with Crippen LogP contribution in [0.1, 0.15) is 10.4 Å². The van der Waals surface area contributed by atoms with Crippen LogP contribution in [-0.2, 0) is 0 Å². The molecule has 0 unspecified atom stereocenters. The topological polar surface area (TPSA) is 68.9 Å². The summed E-state index contributed by atoms with van der Waals surface area (Å²) in [6, 6.07) is 7.18. The van der Waals surface area contributed by atoms with Gasteiger partial charge in [0.25, 0.3) is 0 Å². The van der Waals surface area contributed by atoms with Gasteiger partial charge in [0.2, 0.25) is 5.91 Å². The third-order valence-electron chi connectivity index (χ3n) is 1.69. The summed E-state index contributed by atoms with van der Waals surface area (Å²) < 4.78 is 0.795. The van der Waals surface area contributed by atoms with Crippen molar-refractivity contribution in [3.63, 3.8) is 0 Å². The summed E-state index contributed by atoms with van der Waals surface area (Å²) in [6.07, 6.45) is 0. The lowest BCUT2D eigenvalue weighted by Gasteiger charge is -2.02. The Bertz CT molecular complexity index is 470. The molecule has 2 aromatic rings. The van der Waals surface area contributed by atoms with E-state index >= 15 is 0 Å². The van der Waals surface area contributed by atoms with Gasteiger partial charge in [-0.2, -0.15) is 0 Å². The van der Waals surface area contributed by atoms with Crippen LogP contribution < -0.4 is 5.73 Å². The second-order valence-electron chi connectivity index (χ2n) is 2.67. The van der Waals surface area contributed by atoms with E-state index in [2.05, 4.69) is 10.2 Å². The largest absolute Gasteiger partial charge is 0.366 e. The first-order valence-electron chi connectivity index (χ1n) is 4.10. The molecule has 0 saturated carbocycles. The van der Waals surface area contributed by atoms with Crippen molar-refractivity contribution in [2.24, 2.45) is 5.73 Å². The molecule has 76 valence electrons. The Morgan fingerprint density at radius 2 is 2.20 bits per heavy atom. The average Bonchev–Trinajstić information content (AvgIpc) is 2.71. The van der Waals surface area contributed by atoms with Crippen LogP contribution in [0.3, 0.4) is 0 Å². The molecular weight excluding hydrogens is 230 g/mol. The van der Waals surface area contributed by atoms with E-state index in [1.54, 1.807) is 17.6 Å². The van der Waals surface area contributed by atoms with Gasteiger partial charge in [-0.15, -0.1) is 10.2 Å². The molecule has 0 bridgehead atoms. The summed E-state index contributed by atoms with van der Waals surface area (Å²) in [6.45, 7) is 0. The number of hydrogen-bond acceptors (Lipinski definition) is 5. The first-order chi connectivity index (χ1) is 7.27. The van der Waals surface area contributed by atoms with Crippen molar-refractivity contribution < 1.29 is 4.79 Å². The van der Waals surface area contributed by atoms with Crippen molar-refractivity contribution in [3.8, 4) is 0 Å². The van der Waals surface area contributed by atoms with Crippen molar-refractivity contribution in [3.05, 3.63) is 35.3 Å². The normalized spacial score (nSPS) is 10.1. The molecule has 0 aliphatic carbocycles. The highest BCUT2D eigenvalue weighted by atomic mass is 32.2. The SMILES string of the molecule is NC(=O)c1ccccc1Sc1nncs1. The van der Waals surface area contributed by atoms with Crippen LogP contribution in [0, 0.1) is 0 Å². The summed E-state index contributed by atoms with van der Waals surface area (Å²) in [5, 5.41) is 7.62. The molecule has 1 heterocycles. The Balaban J connectivity index is 2.32. The fourth-order valence-corrected chi connectivity index (χ4v) is 2.63. The molecule has 0 radical (unpaired) electrons. The number of nitrogens with zero attached hydrogens (tertiary/aromatic N) is 2. The van der Waals surface area contributed by atoms with Gasteiger partial charge in [-0.25, -0.2) is 0 Å². The fourth-order valence-electron chi connectivity index (χ4n) is 1.06. The van der Waals surface area contributed by atoms with Gasteiger partial charge in [-0.05, 0) is 12.1 Å². The molecule has 1 aromatic carbocycles. The summed E-state index contributed by atoms with van der Waals surface area (Å²) in [5.41, 5.74) is 7.42. The number of hydrogen-bond donors (Lipinski definition) is 1. The van der Waals surface area contributed by atoms with Gasteiger partial charge < -0.3 is 5.73 Å². The molecule has 6 heteroatoms. The molecule has 0 aliphatic heterocycles. The molecule has 2 N–H and O–H groups in total. The summed E-state index contributed by atoms with van der Waals surface area (Å²) in [4.78, 5) is 11.9. The Kier molecular flexibility index (Phi) is 2.98. The number of aromatic nitrogens is 2. The zero-order valence-electron chi connectivity index (χ0n) is 7.58. The number of rotatable bonds is 3. The predicted molar refractivity (Wildman–Crippen MR) is 59.0 cm³/mol. The van der Waals surface area contributed by atoms with E-state index in [1.165, 1.54) is 23.1 Å². The number of carbonyl (C=O) groups excluding carboxylic acids is 1. The van der Waals surface area contributed by atoms with Crippen molar-refractivity contribution >= 4 is 29.0 Å². The lowest BCUT2D eigenvalue weighted by Crippen LogP contribution is -2.11. The maximum absolute atomic E-state index is 11.1. The average molecular weight is 237 g/mol. The van der Waals surface area contributed by atoms with E-state index < -0.39 is 5.91 Å². The fraction of sp³-hybridized carbons (Fsp3) is 0. The number of amides is 1. The molecule has 0 atom stereocenters. The van der Waals surface area contributed by atoms with Crippen molar-refractivity contribution in [1.29, 1.82) is 0 Å².